The average molecular weight is 406 g/mol. The van der Waals surface area contributed by atoms with Gasteiger partial charge in [-0.25, -0.2) is 4.68 Å². The van der Waals surface area contributed by atoms with E-state index in [4.69, 9.17) is 0 Å². The van der Waals surface area contributed by atoms with Crippen molar-refractivity contribution in [2.75, 3.05) is 0 Å². The fourth-order valence-corrected chi connectivity index (χ4v) is 4.20. The van der Waals surface area contributed by atoms with Gasteiger partial charge in [-0.05, 0) is 37.5 Å². The number of hydrogen-bond donors (Lipinski definition) is 0. The highest BCUT2D eigenvalue weighted by atomic mass is 15.4. The van der Waals surface area contributed by atoms with Crippen LogP contribution in [0.2, 0.25) is 0 Å². The second kappa shape index (κ2) is 7.76. The van der Waals surface area contributed by atoms with Crippen LogP contribution in [0.15, 0.2) is 72.8 Å². The first kappa shape index (κ1) is 19.1. The molecular weight excluding hydrogens is 382 g/mol. The zero-order valence-corrected chi connectivity index (χ0v) is 17.9. The minimum atomic E-state index is 0.633. The Bertz CT molecular complexity index is 1350. The number of aromatic nitrogens is 5. The molecule has 3 aromatic carbocycles. The Morgan fingerprint density at radius 3 is 1.84 bits per heavy atom. The molecule has 5 rings (SSSR count). The fourth-order valence-electron chi connectivity index (χ4n) is 4.20. The van der Waals surface area contributed by atoms with Crippen LogP contribution in [-0.4, -0.2) is 25.2 Å². The van der Waals surface area contributed by atoms with Crippen LogP contribution in [0.5, 0.6) is 0 Å². The molecule has 0 aliphatic rings. The molecule has 0 atom stereocenters. The molecule has 0 radical (unpaired) electrons. The molecule has 0 bridgehead atoms. The van der Waals surface area contributed by atoms with Gasteiger partial charge in [-0.15, -0.1) is 15.3 Å². The van der Waals surface area contributed by atoms with Crippen LogP contribution in [0.1, 0.15) is 22.3 Å². The molecule has 2 aromatic heterocycles. The minimum absolute atomic E-state index is 0.633. The summed E-state index contributed by atoms with van der Waals surface area (Å²) in [5, 5.41) is 18.3. The number of fused-ring (bicyclic) bond motifs is 1. The molecule has 0 fully saturated rings. The topological polar surface area (TPSA) is 56.5 Å². The number of rotatable bonds is 4. The zero-order valence-electron chi connectivity index (χ0n) is 17.9. The third kappa shape index (κ3) is 3.48. The lowest BCUT2D eigenvalue weighted by atomic mass is 10.00. The van der Waals surface area contributed by atoms with Crippen LogP contribution in [-0.2, 0) is 6.54 Å². The first-order valence-corrected chi connectivity index (χ1v) is 10.4. The van der Waals surface area contributed by atoms with E-state index in [1.54, 1.807) is 0 Å². The summed E-state index contributed by atoms with van der Waals surface area (Å²) in [6.45, 7) is 7.07. The molecule has 0 aliphatic heterocycles. The van der Waals surface area contributed by atoms with Crippen LogP contribution in [0.4, 0.5) is 0 Å². The van der Waals surface area contributed by atoms with Crippen molar-refractivity contribution in [3.63, 3.8) is 0 Å². The molecule has 31 heavy (non-hydrogen) atoms. The van der Waals surface area contributed by atoms with Gasteiger partial charge in [-0.1, -0.05) is 83.6 Å². The van der Waals surface area contributed by atoms with Crippen molar-refractivity contribution >= 4 is 11.0 Å². The van der Waals surface area contributed by atoms with Crippen molar-refractivity contribution < 1.29 is 0 Å². The Balaban J connectivity index is 1.74. The minimum Gasteiger partial charge on any atom is -0.238 e. The summed E-state index contributed by atoms with van der Waals surface area (Å²) in [5.74, 6) is 0. The number of hydrogen-bond acceptors (Lipinski definition) is 4. The van der Waals surface area contributed by atoms with E-state index in [-0.39, 0.29) is 0 Å². The summed E-state index contributed by atoms with van der Waals surface area (Å²) in [7, 11) is 0. The Kier molecular flexibility index (Phi) is 4.79. The smallest absolute Gasteiger partial charge is 0.143 e. The maximum absolute atomic E-state index is 4.64. The van der Waals surface area contributed by atoms with Gasteiger partial charge in [0.2, 0.25) is 0 Å². The van der Waals surface area contributed by atoms with Crippen LogP contribution in [0.25, 0.3) is 33.5 Å². The Morgan fingerprint density at radius 2 is 1.23 bits per heavy atom. The maximum Gasteiger partial charge on any atom is 0.143 e. The normalized spacial score (nSPS) is 11.2. The predicted molar refractivity (Wildman–Crippen MR) is 124 cm³/mol. The fraction of sp³-hybridized carbons (Fsp3) is 0.154. The largest absolute Gasteiger partial charge is 0.238 e. The summed E-state index contributed by atoms with van der Waals surface area (Å²) >= 11 is 0. The van der Waals surface area contributed by atoms with Gasteiger partial charge in [0.05, 0.1) is 6.54 Å². The molecule has 5 nitrogen and oxygen atoms in total. The quantitative estimate of drug-likeness (QED) is 0.394. The Labute approximate surface area is 181 Å². The number of aryl methyl sites for hydroxylation is 3. The summed E-state index contributed by atoms with van der Waals surface area (Å²) in [5.41, 5.74) is 10.2. The summed E-state index contributed by atoms with van der Waals surface area (Å²) in [6, 6.07) is 24.6. The van der Waals surface area contributed by atoms with E-state index in [2.05, 4.69) is 53.4 Å². The van der Waals surface area contributed by atoms with Crippen LogP contribution in [0, 0.1) is 20.8 Å². The molecule has 5 aromatic rings. The molecule has 0 unspecified atom stereocenters. The van der Waals surface area contributed by atoms with E-state index in [9.17, 15) is 0 Å². The molecule has 0 spiro atoms. The lowest BCUT2D eigenvalue weighted by Crippen LogP contribution is -2.07. The van der Waals surface area contributed by atoms with E-state index in [1.807, 2.05) is 65.3 Å². The average Bonchev–Trinajstić information content (AvgIpc) is 3.21. The van der Waals surface area contributed by atoms with Gasteiger partial charge >= 0.3 is 0 Å². The molecule has 0 aliphatic carbocycles. The SMILES string of the molecule is Cc1cc(C)c(Cn2nnc3c(-c4ccccc4)nnc(-c4ccccc4)c32)c(C)c1. The Morgan fingerprint density at radius 1 is 0.677 bits per heavy atom. The van der Waals surface area contributed by atoms with E-state index < -0.39 is 0 Å². The highest BCUT2D eigenvalue weighted by Gasteiger charge is 2.20. The Hall–Kier alpha value is -3.86. The second-order valence-electron chi connectivity index (χ2n) is 7.95. The molecule has 2 heterocycles. The molecule has 0 amide bonds. The van der Waals surface area contributed by atoms with Crippen molar-refractivity contribution in [3.8, 4) is 22.5 Å². The monoisotopic (exact) mass is 405 g/mol. The van der Waals surface area contributed by atoms with Crippen molar-refractivity contribution in [3.05, 3.63) is 95.1 Å². The van der Waals surface area contributed by atoms with Crippen molar-refractivity contribution in [2.45, 2.75) is 27.3 Å². The second-order valence-corrected chi connectivity index (χ2v) is 7.95. The molecule has 152 valence electrons. The molecular formula is C26H23N5. The summed E-state index contributed by atoms with van der Waals surface area (Å²) in [4.78, 5) is 0. The number of nitrogens with zero attached hydrogens (tertiary/aromatic N) is 5. The van der Waals surface area contributed by atoms with Crippen LogP contribution >= 0.6 is 0 Å². The van der Waals surface area contributed by atoms with E-state index in [1.165, 1.54) is 22.3 Å². The zero-order chi connectivity index (χ0) is 21.4. The lowest BCUT2D eigenvalue weighted by molar-refractivity contribution is 0.664. The molecule has 5 heteroatoms. The van der Waals surface area contributed by atoms with Gasteiger partial charge in [-0.2, -0.15) is 0 Å². The van der Waals surface area contributed by atoms with Gasteiger partial charge in [0.25, 0.3) is 0 Å². The van der Waals surface area contributed by atoms with Crippen LogP contribution < -0.4 is 0 Å². The first-order valence-electron chi connectivity index (χ1n) is 10.4. The van der Waals surface area contributed by atoms with Crippen molar-refractivity contribution in [1.29, 1.82) is 0 Å². The van der Waals surface area contributed by atoms with Crippen molar-refractivity contribution in [1.82, 2.24) is 25.2 Å². The standard InChI is InChI=1S/C26H23N5/c1-17-14-18(2)22(19(3)15-17)16-31-26-24(21-12-8-5-9-13-21)28-27-23(25(26)29-30-31)20-10-6-4-7-11-20/h4-15H,16H2,1-3H3. The van der Waals surface area contributed by atoms with Crippen molar-refractivity contribution in [2.24, 2.45) is 0 Å². The predicted octanol–water partition coefficient (Wildman–Crippen LogP) is 5.53. The van der Waals surface area contributed by atoms with E-state index in [0.717, 1.165) is 33.5 Å². The summed E-state index contributed by atoms with van der Waals surface area (Å²) in [6.07, 6.45) is 0. The van der Waals surface area contributed by atoms with E-state index >= 15 is 0 Å². The van der Waals surface area contributed by atoms with Gasteiger partial charge in [0.15, 0.2) is 0 Å². The van der Waals surface area contributed by atoms with E-state index in [0.29, 0.717) is 6.54 Å². The van der Waals surface area contributed by atoms with Crippen LogP contribution in [0.3, 0.4) is 0 Å². The third-order valence-corrected chi connectivity index (χ3v) is 5.68. The van der Waals surface area contributed by atoms with Gasteiger partial charge in [0, 0.05) is 11.1 Å². The maximum atomic E-state index is 4.64. The molecule has 0 saturated carbocycles. The van der Waals surface area contributed by atoms with Gasteiger partial charge in [-0.3, -0.25) is 0 Å². The first-order chi connectivity index (χ1) is 15.1. The third-order valence-electron chi connectivity index (χ3n) is 5.68. The summed E-state index contributed by atoms with van der Waals surface area (Å²) < 4.78 is 1.96. The molecule has 0 N–H and O–H groups in total. The van der Waals surface area contributed by atoms with Gasteiger partial charge < -0.3 is 0 Å². The highest BCUT2D eigenvalue weighted by molar-refractivity contribution is 5.96. The number of benzene rings is 3. The lowest BCUT2D eigenvalue weighted by Gasteiger charge is -2.13. The highest BCUT2D eigenvalue weighted by Crippen LogP contribution is 2.31. The molecule has 0 saturated heterocycles. The van der Waals surface area contributed by atoms with Gasteiger partial charge in [0.1, 0.15) is 22.4 Å².